The summed E-state index contributed by atoms with van der Waals surface area (Å²) in [6.45, 7) is 0. The lowest BCUT2D eigenvalue weighted by Gasteiger charge is -2.25. The molecule has 0 unspecified atom stereocenters. The van der Waals surface area contributed by atoms with Gasteiger partial charge in [0.05, 0.1) is 7.11 Å². The van der Waals surface area contributed by atoms with E-state index < -0.39 is 6.04 Å². The second kappa shape index (κ2) is 6.48. The minimum absolute atomic E-state index is 0.860. The number of ether oxygens (including phenoxy) is 1. The molecule has 0 saturated heterocycles. The van der Waals surface area contributed by atoms with Crippen LogP contribution in [0.2, 0.25) is 0 Å². The van der Waals surface area contributed by atoms with Gasteiger partial charge in [-0.1, -0.05) is 84.6 Å². The summed E-state index contributed by atoms with van der Waals surface area (Å²) in [5.74, 6) is 0.860. The Morgan fingerprint density at radius 3 is 1.64 bits per heavy atom. The van der Waals surface area contributed by atoms with Gasteiger partial charge in [-0.3, -0.25) is 0 Å². The molecule has 3 heteroatoms. The number of hydrogen-bond acceptors (Lipinski definition) is 2. The average Bonchev–Trinajstić information content (AvgIpc) is 2.62. The number of benzene rings is 3. The lowest BCUT2D eigenvalue weighted by Crippen LogP contribution is -2.25. The molecule has 0 saturated carbocycles. The van der Waals surface area contributed by atoms with Gasteiger partial charge >= 0.3 is 0 Å². The third-order valence-electron chi connectivity index (χ3n) is 3.66. The minimum Gasteiger partial charge on any atom is -0.496 e. The zero-order valence-corrected chi connectivity index (χ0v) is 14.1. The first-order valence-corrected chi connectivity index (χ1v) is 9.92. The fraction of sp³-hybridized carbons (Fsp3) is 0.0526. The van der Waals surface area contributed by atoms with E-state index in [0.717, 1.165) is 11.1 Å². The predicted octanol–water partition coefficient (Wildman–Crippen LogP) is 3.45. The van der Waals surface area contributed by atoms with Crippen molar-refractivity contribution >= 4 is 33.8 Å². The largest absolute Gasteiger partial charge is 0.496 e. The van der Waals surface area contributed by atoms with E-state index in [1.807, 2.05) is 30.3 Å². The Hall–Kier alpha value is -1.89. The number of rotatable bonds is 4. The van der Waals surface area contributed by atoms with E-state index in [1.165, 1.54) is 10.6 Å². The molecule has 1 nitrogen and oxygen atoms in total. The predicted molar refractivity (Wildman–Crippen MR) is 99.1 cm³/mol. The minimum atomic E-state index is -2.12. The van der Waals surface area contributed by atoms with Crippen LogP contribution >= 0.6 is 6.04 Å². The summed E-state index contributed by atoms with van der Waals surface area (Å²) >= 11 is 6.29. The Morgan fingerprint density at radius 1 is 0.682 bits per heavy atom. The highest BCUT2D eigenvalue weighted by molar-refractivity contribution is 8.25. The summed E-state index contributed by atoms with van der Waals surface area (Å²) in [7, 11) is 1.70. The molecule has 3 aromatic rings. The van der Waals surface area contributed by atoms with Crippen molar-refractivity contribution < 1.29 is 4.74 Å². The molecule has 0 radical (unpaired) electrons. The molecular weight excluding hydrogens is 307 g/mol. The Bertz CT molecular complexity index is 756. The lowest BCUT2D eigenvalue weighted by atomic mass is 10.3. The van der Waals surface area contributed by atoms with Crippen molar-refractivity contribution in [3.8, 4) is 5.75 Å². The van der Waals surface area contributed by atoms with Crippen LogP contribution in [0.25, 0.3) is 0 Å². The van der Waals surface area contributed by atoms with Crippen LogP contribution < -0.4 is 20.7 Å². The molecule has 0 fully saturated rings. The number of hydrogen-bond donors (Lipinski definition) is 0. The monoisotopic (exact) mass is 324 g/mol. The molecule has 110 valence electrons. The zero-order chi connectivity index (χ0) is 15.4. The van der Waals surface area contributed by atoms with Gasteiger partial charge < -0.3 is 4.74 Å². The molecule has 0 spiro atoms. The molecule has 0 aromatic heterocycles. The highest BCUT2D eigenvalue weighted by Gasteiger charge is 2.27. The molecule has 22 heavy (non-hydrogen) atoms. The third kappa shape index (κ3) is 2.61. The zero-order valence-electron chi connectivity index (χ0n) is 12.3. The van der Waals surface area contributed by atoms with E-state index in [2.05, 4.69) is 54.6 Å². The van der Waals surface area contributed by atoms with Gasteiger partial charge in [-0.25, -0.2) is 0 Å². The van der Waals surface area contributed by atoms with Crippen LogP contribution in [0.15, 0.2) is 84.9 Å². The van der Waals surface area contributed by atoms with Crippen LogP contribution in [-0.2, 0) is 11.8 Å². The first-order valence-electron chi connectivity index (χ1n) is 7.11. The van der Waals surface area contributed by atoms with Gasteiger partial charge in [-0.05, 0) is 22.7 Å². The third-order valence-corrected chi connectivity index (χ3v) is 8.62. The first-order chi connectivity index (χ1) is 10.8. The quantitative estimate of drug-likeness (QED) is 0.680. The Morgan fingerprint density at radius 2 is 1.14 bits per heavy atom. The maximum absolute atomic E-state index is 6.29. The summed E-state index contributed by atoms with van der Waals surface area (Å²) in [6, 6.07) is 26.7. The smallest absolute Gasteiger partial charge is 0.127 e. The highest BCUT2D eigenvalue weighted by atomic mass is 32.4. The molecule has 3 rings (SSSR count). The van der Waals surface area contributed by atoms with Crippen LogP contribution in [0.3, 0.4) is 0 Å². The summed E-state index contributed by atoms with van der Waals surface area (Å²) in [5, 5.41) is 3.46. The van der Waals surface area contributed by atoms with Gasteiger partial charge in [0.25, 0.3) is 0 Å². The van der Waals surface area contributed by atoms with Crippen molar-refractivity contribution in [2.75, 3.05) is 7.11 Å². The summed E-state index contributed by atoms with van der Waals surface area (Å²) in [4.78, 5) is 0. The van der Waals surface area contributed by atoms with Crippen molar-refractivity contribution in [2.45, 2.75) is 0 Å². The van der Waals surface area contributed by atoms with Gasteiger partial charge in [-0.15, -0.1) is 0 Å². The average molecular weight is 324 g/mol. The van der Waals surface area contributed by atoms with Crippen LogP contribution in [0.5, 0.6) is 5.75 Å². The Balaban J connectivity index is 2.32. The SMILES string of the molecule is COc1ccccc1P(=S)(c1ccccc1)c1ccccc1. The lowest BCUT2D eigenvalue weighted by molar-refractivity contribution is 0.418. The summed E-state index contributed by atoms with van der Waals surface area (Å²) < 4.78 is 5.60. The molecular formula is C19H17OPS. The highest BCUT2D eigenvalue weighted by Crippen LogP contribution is 2.45. The van der Waals surface area contributed by atoms with E-state index in [-0.39, 0.29) is 0 Å². The second-order valence-corrected chi connectivity index (χ2v) is 9.33. The Kier molecular flexibility index (Phi) is 4.42. The van der Waals surface area contributed by atoms with Gasteiger partial charge in [0.1, 0.15) is 5.75 Å². The van der Waals surface area contributed by atoms with Crippen molar-refractivity contribution in [3.05, 3.63) is 84.9 Å². The molecule has 0 atom stereocenters. The molecule has 0 aliphatic rings. The van der Waals surface area contributed by atoms with Crippen LogP contribution in [0.4, 0.5) is 0 Å². The normalized spacial score (nSPS) is 11.1. The Labute approximate surface area is 136 Å². The van der Waals surface area contributed by atoms with Crippen molar-refractivity contribution in [2.24, 2.45) is 0 Å². The van der Waals surface area contributed by atoms with Gasteiger partial charge in [0, 0.05) is 11.3 Å². The van der Waals surface area contributed by atoms with E-state index in [4.69, 9.17) is 16.5 Å². The maximum atomic E-state index is 6.29. The molecule has 3 aromatic carbocycles. The maximum Gasteiger partial charge on any atom is 0.127 e. The van der Waals surface area contributed by atoms with Crippen molar-refractivity contribution in [3.63, 3.8) is 0 Å². The molecule has 0 N–H and O–H groups in total. The first kappa shape index (κ1) is 15.0. The summed E-state index contributed by atoms with van der Waals surface area (Å²) in [5.41, 5.74) is 0. The number of methoxy groups -OCH3 is 1. The standard InChI is InChI=1S/C19H17OPS/c1-20-18-14-8-9-15-19(18)21(22,16-10-4-2-5-11-16)17-12-6-3-7-13-17/h2-15H,1H3. The fourth-order valence-electron chi connectivity index (χ4n) is 2.59. The topological polar surface area (TPSA) is 9.23 Å². The fourth-order valence-corrected chi connectivity index (χ4v) is 6.59. The van der Waals surface area contributed by atoms with Gasteiger partial charge in [-0.2, -0.15) is 0 Å². The van der Waals surface area contributed by atoms with Crippen molar-refractivity contribution in [1.82, 2.24) is 0 Å². The molecule has 0 aliphatic carbocycles. The molecule has 0 amide bonds. The van der Waals surface area contributed by atoms with Gasteiger partial charge in [0.2, 0.25) is 0 Å². The van der Waals surface area contributed by atoms with Crippen LogP contribution in [-0.4, -0.2) is 7.11 Å². The van der Waals surface area contributed by atoms with Crippen LogP contribution in [0.1, 0.15) is 0 Å². The molecule has 0 bridgehead atoms. The van der Waals surface area contributed by atoms with E-state index in [1.54, 1.807) is 7.11 Å². The summed E-state index contributed by atoms with van der Waals surface area (Å²) in [6.07, 6.45) is 0. The van der Waals surface area contributed by atoms with Crippen LogP contribution in [0, 0.1) is 0 Å². The second-order valence-electron chi connectivity index (χ2n) is 4.95. The van der Waals surface area contributed by atoms with E-state index >= 15 is 0 Å². The molecule has 0 aliphatic heterocycles. The van der Waals surface area contributed by atoms with Gasteiger partial charge in [0.15, 0.2) is 0 Å². The number of para-hydroxylation sites is 1. The van der Waals surface area contributed by atoms with E-state index in [9.17, 15) is 0 Å². The van der Waals surface area contributed by atoms with Crippen molar-refractivity contribution in [1.29, 1.82) is 0 Å². The van der Waals surface area contributed by atoms with E-state index in [0.29, 0.717) is 0 Å². The molecule has 0 heterocycles.